The predicted octanol–water partition coefficient (Wildman–Crippen LogP) is 4.14. The zero-order chi connectivity index (χ0) is 14.2. The fraction of sp³-hybridized carbons (Fsp3) is 0.556. The summed E-state index contributed by atoms with van der Waals surface area (Å²) < 4.78 is 1.45. The molecule has 1 unspecified atom stereocenters. The minimum absolute atomic E-state index is 0.743. The third-order valence-electron chi connectivity index (χ3n) is 4.96. The molecule has 21 heavy (non-hydrogen) atoms. The monoisotopic (exact) mass is 300 g/mol. The minimum Gasteiger partial charge on any atom is -0.309 e. The first-order chi connectivity index (χ1) is 10.3. The van der Waals surface area contributed by atoms with Crippen LogP contribution in [0.3, 0.4) is 0 Å². The highest BCUT2D eigenvalue weighted by Gasteiger charge is 2.24. The lowest BCUT2D eigenvalue weighted by Gasteiger charge is -2.21. The molecule has 2 fully saturated rings. The van der Waals surface area contributed by atoms with Crippen LogP contribution < -0.4 is 5.32 Å². The Morgan fingerprint density at radius 3 is 2.86 bits per heavy atom. The third-order valence-corrected chi connectivity index (χ3v) is 6.18. The number of nitrogens with zero attached hydrogens (tertiary/aromatic N) is 1. The van der Waals surface area contributed by atoms with Gasteiger partial charge in [-0.3, -0.25) is 4.90 Å². The molecule has 1 aliphatic heterocycles. The van der Waals surface area contributed by atoms with E-state index in [9.17, 15) is 0 Å². The van der Waals surface area contributed by atoms with Crippen LogP contribution in [0.2, 0.25) is 0 Å². The van der Waals surface area contributed by atoms with E-state index in [-0.39, 0.29) is 0 Å². The smallest absolute Gasteiger partial charge is 0.0349 e. The molecule has 1 N–H and O–H groups in total. The Kier molecular flexibility index (Phi) is 3.74. The third kappa shape index (κ3) is 2.87. The zero-order valence-corrected chi connectivity index (χ0v) is 13.6. The van der Waals surface area contributed by atoms with Crippen molar-refractivity contribution in [3.8, 4) is 0 Å². The van der Waals surface area contributed by atoms with Crippen LogP contribution >= 0.6 is 11.3 Å². The second-order valence-electron chi connectivity index (χ2n) is 6.62. The van der Waals surface area contributed by atoms with Gasteiger partial charge in [-0.2, -0.15) is 0 Å². The molecule has 1 aromatic carbocycles. The zero-order valence-electron chi connectivity index (χ0n) is 12.8. The van der Waals surface area contributed by atoms with E-state index in [4.69, 9.17) is 0 Å². The standard InChI is InChI=1S/C18H24N2S/c1-13-5-4-10-20(13)12-16-15-6-2-3-7-17(15)21-18(16)11-19-14-8-9-14/h2-3,6-7,13-14,19H,4-5,8-12H2,1H3. The molecule has 1 saturated heterocycles. The molecule has 3 heteroatoms. The van der Waals surface area contributed by atoms with Crippen molar-refractivity contribution in [1.82, 2.24) is 10.2 Å². The number of likely N-dealkylation sites (tertiary alicyclic amines) is 1. The molecule has 0 amide bonds. The maximum atomic E-state index is 3.70. The summed E-state index contributed by atoms with van der Waals surface area (Å²) in [5.74, 6) is 0. The summed E-state index contributed by atoms with van der Waals surface area (Å²) in [5, 5.41) is 5.18. The first-order valence-electron chi connectivity index (χ1n) is 8.28. The lowest BCUT2D eigenvalue weighted by Crippen LogP contribution is -2.27. The molecule has 1 aliphatic carbocycles. The fourth-order valence-electron chi connectivity index (χ4n) is 3.42. The van der Waals surface area contributed by atoms with Crippen molar-refractivity contribution in [1.29, 1.82) is 0 Å². The van der Waals surface area contributed by atoms with Gasteiger partial charge in [0.25, 0.3) is 0 Å². The molecule has 0 spiro atoms. The second-order valence-corrected chi connectivity index (χ2v) is 7.75. The second kappa shape index (κ2) is 5.71. The van der Waals surface area contributed by atoms with E-state index in [0.717, 1.165) is 25.2 Å². The maximum absolute atomic E-state index is 3.70. The molecule has 2 heterocycles. The number of nitrogens with one attached hydrogen (secondary N) is 1. The van der Waals surface area contributed by atoms with Crippen LogP contribution in [0.1, 0.15) is 43.0 Å². The Balaban J connectivity index is 1.63. The number of hydrogen-bond acceptors (Lipinski definition) is 3. The molecule has 2 aromatic rings. The molecule has 1 atom stereocenters. The van der Waals surface area contributed by atoms with Crippen LogP contribution in [0.5, 0.6) is 0 Å². The van der Waals surface area contributed by atoms with E-state index in [2.05, 4.69) is 41.4 Å². The fourth-order valence-corrected chi connectivity index (χ4v) is 4.59. The highest BCUT2D eigenvalue weighted by molar-refractivity contribution is 7.19. The summed E-state index contributed by atoms with van der Waals surface area (Å²) in [6, 6.07) is 10.5. The number of rotatable bonds is 5. The average Bonchev–Trinajstić information content (AvgIpc) is 3.15. The van der Waals surface area contributed by atoms with Gasteiger partial charge in [0.2, 0.25) is 0 Å². The Morgan fingerprint density at radius 1 is 1.24 bits per heavy atom. The normalized spacial score (nSPS) is 23.2. The number of thiophene rings is 1. The molecule has 1 saturated carbocycles. The van der Waals surface area contributed by atoms with E-state index in [0.29, 0.717) is 0 Å². The molecule has 2 nitrogen and oxygen atoms in total. The summed E-state index contributed by atoms with van der Waals surface area (Å²) in [6.07, 6.45) is 5.45. The molecule has 0 bridgehead atoms. The summed E-state index contributed by atoms with van der Waals surface area (Å²) in [7, 11) is 0. The summed E-state index contributed by atoms with van der Waals surface area (Å²) >= 11 is 1.99. The van der Waals surface area contributed by atoms with Crippen molar-refractivity contribution in [2.24, 2.45) is 0 Å². The summed E-state index contributed by atoms with van der Waals surface area (Å²) in [6.45, 7) is 5.83. The Labute approximate surface area is 131 Å². The van der Waals surface area contributed by atoms with Gasteiger partial charge in [-0.05, 0) is 56.2 Å². The van der Waals surface area contributed by atoms with Crippen LogP contribution in [-0.2, 0) is 13.1 Å². The number of benzene rings is 1. The molecule has 0 radical (unpaired) electrons. The quantitative estimate of drug-likeness (QED) is 0.893. The van der Waals surface area contributed by atoms with Gasteiger partial charge in [0.05, 0.1) is 0 Å². The van der Waals surface area contributed by atoms with Gasteiger partial charge in [0.15, 0.2) is 0 Å². The molecule has 4 rings (SSSR count). The topological polar surface area (TPSA) is 15.3 Å². The average molecular weight is 300 g/mol. The van der Waals surface area contributed by atoms with E-state index in [1.54, 1.807) is 10.4 Å². The highest BCUT2D eigenvalue weighted by Crippen LogP contribution is 2.34. The number of fused-ring (bicyclic) bond motifs is 1. The summed E-state index contributed by atoms with van der Waals surface area (Å²) in [4.78, 5) is 4.22. The van der Waals surface area contributed by atoms with Crippen LogP contribution in [0.4, 0.5) is 0 Å². The van der Waals surface area contributed by atoms with Gasteiger partial charge in [0.1, 0.15) is 0 Å². The van der Waals surface area contributed by atoms with Crippen LogP contribution in [0, 0.1) is 0 Å². The molecule has 1 aromatic heterocycles. The van der Waals surface area contributed by atoms with Gasteiger partial charge in [-0.25, -0.2) is 0 Å². The van der Waals surface area contributed by atoms with E-state index >= 15 is 0 Å². The first kappa shape index (κ1) is 13.7. The Hall–Kier alpha value is -0.900. The number of hydrogen-bond donors (Lipinski definition) is 1. The van der Waals surface area contributed by atoms with Gasteiger partial charge in [-0.15, -0.1) is 11.3 Å². The molecule has 2 aliphatic rings. The van der Waals surface area contributed by atoms with Gasteiger partial charge >= 0.3 is 0 Å². The molecular formula is C18H24N2S. The summed E-state index contributed by atoms with van der Waals surface area (Å²) in [5.41, 5.74) is 1.58. The molecular weight excluding hydrogens is 276 g/mol. The van der Waals surface area contributed by atoms with E-state index in [1.165, 1.54) is 42.3 Å². The van der Waals surface area contributed by atoms with E-state index < -0.39 is 0 Å². The van der Waals surface area contributed by atoms with Crippen LogP contribution in [-0.4, -0.2) is 23.5 Å². The van der Waals surface area contributed by atoms with Crippen molar-refractivity contribution in [3.63, 3.8) is 0 Å². The lowest BCUT2D eigenvalue weighted by molar-refractivity contribution is 0.261. The Morgan fingerprint density at radius 2 is 2.10 bits per heavy atom. The SMILES string of the molecule is CC1CCCN1Cc1c(CNC2CC2)sc2ccccc12. The minimum atomic E-state index is 0.743. The van der Waals surface area contributed by atoms with Gasteiger partial charge < -0.3 is 5.32 Å². The van der Waals surface area contributed by atoms with Crippen LogP contribution in [0.15, 0.2) is 24.3 Å². The lowest BCUT2D eigenvalue weighted by atomic mass is 10.1. The predicted molar refractivity (Wildman–Crippen MR) is 90.8 cm³/mol. The van der Waals surface area contributed by atoms with Crippen molar-refractivity contribution in [2.75, 3.05) is 6.54 Å². The highest BCUT2D eigenvalue weighted by atomic mass is 32.1. The van der Waals surface area contributed by atoms with Crippen molar-refractivity contribution in [3.05, 3.63) is 34.7 Å². The largest absolute Gasteiger partial charge is 0.309 e. The van der Waals surface area contributed by atoms with Crippen molar-refractivity contribution < 1.29 is 0 Å². The first-order valence-corrected chi connectivity index (χ1v) is 9.09. The van der Waals surface area contributed by atoms with Crippen molar-refractivity contribution in [2.45, 2.75) is 57.8 Å². The van der Waals surface area contributed by atoms with E-state index in [1.807, 2.05) is 11.3 Å². The molecule has 112 valence electrons. The van der Waals surface area contributed by atoms with Crippen molar-refractivity contribution >= 4 is 21.4 Å². The Bertz CT molecular complexity index is 629. The van der Waals surface area contributed by atoms with Crippen LogP contribution in [0.25, 0.3) is 10.1 Å². The van der Waals surface area contributed by atoms with Gasteiger partial charge in [-0.1, -0.05) is 18.2 Å². The van der Waals surface area contributed by atoms with Gasteiger partial charge in [0, 0.05) is 34.8 Å². The maximum Gasteiger partial charge on any atom is 0.0349 e.